The fraction of sp³-hybridized carbons (Fsp3) is 1.00. The maximum Gasteiger partial charge on any atom is 0.146 e. The van der Waals surface area contributed by atoms with Gasteiger partial charge in [0.25, 0.3) is 0 Å². The highest BCUT2D eigenvalue weighted by atomic mass is 16.7. The van der Waals surface area contributed by atoms with Crippen molar-refractivity contribution in [2.45, 2.75) is 13.3 Å². The fourth-order valence-electron chi connectivity index (χ4n) is 0.386. The Bertz CT molecular complexity index is 41.6. The lowest BCUT2D eigenvalue weighted by Crippen LogP contribution is -2.04. The molecule has 0 aliphatic heterocycles. The number of hydrogen-bond acceptors (Lipinski definition) is 3. The average molecular weight is 134 g/mol. The quantitative estimate of drug-likeness (QED) is 0.421. The molecule has 0 radical (unpaired) electrons. The summed E-state index contributed by atoms with van der Waals surface area (Å²) in [7, 11) is 0. The zero-order valence-electron chi connectivity index (χ0n) is 5.80. The predicted molar refractivity (Wildman–Crippen MR) is 34.1 cm³/mol. The van der Waals surface area contributed by atoms with Crippen LogP contribution in [-0.2, 0) is 9.47 Å². The molecule has 3 heteroatoms. The van der Waals surface area contributed by atoms with Crippen LogP contribution in [0.3, 0.4) is 0 Å². The molecule has 0 aromatic rings. The molecule has 0 unspecified atom stereocenters. The minimum atomic E-state index is 0.0650. The zero-order valence-corrected chi connectivity index (χ0v) is 5.80. The van der Waals surface area contributed by atoms with Gasteiger partial charge in [0.05, 0.1) is 13.2 Å². The molecule has 0 rings (SSSR count). The van der Waals surface area contributed by atoms with Crippen LogP contribution in [0.25, 0.3) is 0 Å². The first-order chi connectivity index (χ1) is 4.41. The molecule has 0 fully saturated rings. The van der Waals surface area contributed by atoms with Gasteiger partial charge in [-0.15, -0.1) is 0 Å². The molecule has 0 aliphatic rings. The van der Waals surface area contributed by atoms with E-state index in [0.29, 0.717) is 13.4 Å². The second-order valence-electron chi connectivity index (χ2n) is 1.66. The molecule has 56 valence electrons. The van der Waals surface area contributed by atoms with Crippen molar-refractivity contribution in [3.8, 4) is 0 Å². The summed E-state index contributed by atoms with van der Waals surface area (Å²) in [6.45, 7) is 3.49. The molecule has 0 aromatic heterocycles. The molecule has 0 atom stereocenters. The van der Waals surface area contributed by atoms with Gasteiger partial charge in [-0.25, -0.2) is 0 Å². The van der Waals surface area contributed by atoms with Gasteiger partial charge in [-0.2, -0.15) is 0 Å². The molecule has 0 bridgehead atoms. The van der Waals surface area contributed by atoms with Crippen molar-refractivity contribution in [1.82, 2.24) is 0 Å². The first kappa shape index (κ1) is 8.88. The Morgan fingerprint density at radius 2 is 1.89 bits per heavy atom. The van der Waals surface area contributed by atoms with E-state index in [-0.39, 0.29) is 6.61 Å². The summed E-state index contributed by atoms with van der Waals surface area (Å²) in [4.78, 5) is 0. The fourth-order valence-corrected chi connectivity index (χ4v) is 0.386. The Morgan fingerprint density at radius 3 is 2.44 bits per heavy atom. The Kier molecular flexibility index (Phi) is 7.77. The molecule has 9 heavy (non-hydrogen) atoms. The monoisotopic (exact) mass is 134 g/mol. The minimum absolute atomic E-state index is 0.0650. The van der Waals surface area contributed by atoms with Gasteiger partial charge in [-0.3, -0.25) is 0 Å². The van der Waals surface area contributed by atoms with Gasteiger partial charge >= 0.3 is 0 Å². The average Bonchev–Trinajstić information content (AvgIpc) is 1.89. The van der Waals surface area contributed by atoms with Gasteiger partial charge < -0.3 is 14.6 Å². The van der Waals surface area contributed by atoms with E-state index < -0.39 is 0 Å². The van der Waals surface area contributed by atoms with Gasteiger partial charge in [-0.1, -0.05) is 6.92 Å². The third-order valence-electron chi connectivity index (χ3n) is 0.751. The Labute approximate surface area is 55.6 Å². The topological polar surface area (TPSA) is 38.7 Å². The van der Waals surface area contributed by atoms with Crippen molar-refractivity contribution >= 4 is 0 Å². The van der Waals surface area contributed by atoms with Crippen molar-refractivity contribution in [3.63, 3.8) is 0 Å². The van der Waals surface area contributed by atoms with Crippen LogP contribution in [0.4, 0.5) is 0 Å². The maximum absolute atomic E-state index is 8.24. The van der Waals surface area contributed by atoms with Crippen molar-refractivity contribution < 1.29 is 14.6 Å². The van der Waals surface area contributed by atoms with Crippen LogP contribution in [-0.4, -0.2) is 31.7 Å². The summed E-state index contributed by atoms with van der Waals surface area (Å²) >= 11 is 0. The lowest BCUT2D eigenvalue weighted by Gasteiger charge is -2.01. The summed E-state index contributed by atoms with van der Waals surface area (Å²) in [6.07, 6.45) is 1.00. The van der Waals surface area contributed by atoms with Crippen LogP contribution < -0.4 is 0 Å². The smallest absolute Gasteiger partial charge is 0.146 e. The van der Waals surface area contributed by atoms with Gasteiger partial charge in [0.15, 0.2) is 0 Å². The van der Waals surface area contributed by atoms with E-state index in [1.54, 1.807) is 0 Å². The second-order valence-corrected chi connectivity index (χ2v) is 1.66. The molecular formula is C6H14O3. The summed E-state index contributed by atoms with van der Waals surface area (Å²) in [5.74, 6) is 0. The Balaban J connectivity index is 2.60. The summed E-state index contributed by atoms with van der Waals surface area (Å²) in [5, 5.41) is 8.24. The number of aliphatic hydroxyl groups excluding tert-OH is 1. The molecule has 0 aromatic carbocycles. The summed E-state index contributed by atoms with van der Waals surface area (Å²) < 4.78 is 9.76. The van der Waals surface area contributed by atoms with Gasteiger partial charge in [0.2, 0.25) is 0 Å². The zero-order chi connectivity index (χ0) is 6.95. The van der Waals surface area contributed by atoms with Crippen LogP contribution in [0.1, 0.15) is 13.3 Å². The van der Waals surface area contributed by atoms with E-state index in [4.69, 9.17) is 14.6 Å². The molecule has 0 saturated carbocycles. The van der Waals surface area contributed by atoms with Crippen molar-refractivity contribution in [1.29, 1.82) is 0 Å². The highest BCUT2D eigenvalue weighted by molar-refractivity contribution is 4.21. The number of hydrogen-bond donors (Lipinski definition) is 1. The van der Waals surface area contributed by atoms with E-state index in [9.17, 15) is 0 Å². The van der Waals surface area contributed by atoms with Crippen molar-refractivity contribution in [2.24, 2.45) is 0 Å². The van der Waals surface area contributed by atoms with Crippen LogP contribution in [0.5, 0.6) is 0 Å². The SMILES string of the molecule is CCCOCOCCO. The standard InChI is InChI=1S/C6H14O3/c1-2-4-8-6-9-5-3-7/h7H,2-6H2,1H3. The van der Waals surface area contributed by atoms with Crippen LogP contribution in [0, 0.1) is 0 Å². The molecular weight excluding hydrogens is 120 g/mol. The number of ether oxygens (including phenoxy) is 2. The largest absolute Gasteiger partial charge is 0.394 e. The molecule has 0 amide bonds. The van der Waals surface area contributed by atoms with Crippen LogP contribution in [0.2, 0.25) is 0 Å². The van der Waals surface area contributed by atoms with Gasteiger partial charge in [-0.05, 0) is 6.42 Å². The number of aliphatic hydroxyl groups is 1. The van der Waals surface area contributed by atoms with Gasteiger partial charge in [0.1, 0.15) is 6.79 Å². The third kappa shape index (κ3) is 7.88. The van der Waals surface area contributed by atoms with E-state index in [1.807, 2.05) is 6.92 Å². The predicted octanol–water partition coefficient (Wildman–Crippen LogP) is 0.379. The normalized spacial score (nSPS) is 10.0. The van der Waals surface area contributed by atoms with Crippen LogP contribution in [0.15, 0.2) is 0 Å². The lowest BCUT2D eigenvalue weighted by molar-refractivity contribution is -0.0619. The highest BCUT2D eigenvalue weighted by Gasteiger charge is 1.83. The molecule has 1 N–H and O–H groups in total. The highest BCUT2D eigenvalue weighted by Crippen LogP contribution is 1.80. The van der Waals surface area contributed by atoms with E-state index >= 15 is 0 Å². The Morgan fingerprint density at radius 1 is 1.22 bits per heavy atom. The first-order valence-electron chi connectivity index (χ1n) is 3.18. The minimum Gasteiger partial charge on any atom is -0.394 e. The molecule has 3 nitrogen and oxygen atoms in total. The van der Waals surface area contributed by atoms with E-state index in [2.05, 4.69) is 0 Å². The summed E-state index contributed by atoms with van der Waals surface area (Å²) in [5.41, 5.74) is 0. The van der Waals surface area contributed by atoms with Crippen molar-refractivity contribution in [3.05, 3.63) is 0 Å². The molecule has 0 heterocycles. The summed E-state index contributed by atoms with van der Waals surface area (Å²) in [6, 6.07) is 0. The number of rotatable bonds is 6. The van der Waals surface area contributed by atoms with Crippen molar-refractivity contribution in [2.75, 3.05) is 26.6 Å². The van der Waals surface area contributed by atoms with Gasteiger partial charge in [0, 0.05) is 6.61 Å². The molecule has 0 spiro atoms. The van der Waals surface area contributed by atoms with E-state index in [1.165, 1.54) is 0 Å². The maximum atomic E-state index is 8.24. The second kappa shape index (κ2) is 7.88. The first-order valence-corrected chi connectivity index (χ1v) is 3.18. The Hall–Kier alpha value is -0.120. The van der Waals surface area contributed by atoms with E-state index in [0.717, 1.165) is 13.0 Å². The molecule has 0 saturated heterocycles. The van der Waals surface area contributed by atoms with Crippen LogP contribution >= 0.6 is 0 Å². The third-order valence-corrected chi connectivity index (χ3v) is 0.751. The molecule has 0 aliphatic carbocycles. The lowest BCUT2D eigenvalue weighted by atomic mass is 10.5.